The van der Waals surface area contributed by atoms with Crippen LogP contribution < -0.4 is 10.2 Å². The molecule has 2 aromatic carbocycles. The summed E-state index contributed by atoms with van der Waals surface area (Å²) in [6, 6.07) is 15.9. The number of anilines is 3. The predicted octanol–water partition coefficient (Wildman–Crippen LogP) is 6.18. The van der Waals surface area contributed by atoms with Gasteiger partial charge in [0.15, 0.2) is 0 Å². The van der Waals surface area contributed by atoms with Gasteiger partial charge in [0.05, 0.1) is 24.1 Å². The van der Waals surface area contributed by atoms with E-state index in [0.29, 0.717) is 5.69 Å². The summed E-state index contributed by atoms with van der Waals surface area (Å²) in [6.07, 6.45) is 3.25. The Morgan fingerprint density at radius 2 is 1.68 bits per heavy atom. The molecule has 1 fully saturated rings. The lowest BCUT2D eigenvalue weighted by Gasteiger charge is -2.28. The molecule has 0 aliphatic carbocycles. The van der Waals surface area contributed by atoms with E-state index < -0.39 is 23.0 Å². The van der Waals surface area contributed by atoms with E-state index in [1.807, 2.05) is 30.3 Å². The molecule has 0 spiro atoms. The number of aromatic nitrogens is 1. The molecule has 3 aromatic rings. The Kier molecular flexibility index (Phi) is 6.26. The van der Waals surface area contributed by atoms with Gasteiger partial charge in [0.2, 0.25) is 0 Å². The average Bonchev–Trinajstić information content (AvgIpc) is 2.95. The van der Waals surface area contributed by atoms with Gasteiger partial charge in [-0.2, -0.15) is 13.2 Å². The largest absolute Gasteiger partial charge is 0.446 e. The highest BCUT2D eigenvalue weighted by atomic mass is 32.2. The molecule has 10 heteroatoms. The average molecular weight is 487 g/mol. The smallest absolute Gasteiger partial charge is 0.354 e. The van der Waals surface area contributed by atoms with Crippen LogP contribution in [0.5, 0.6) is 0 Å². The zero-order chi connectivity index (χ0) is 24.5. The highest BCUT2D eigenvalue weighted by Gasteiger charge is 2.51. The first-order chi connectivity index (χ1) is 16.1. The van der Waals surface area contributed by atoms with Crippen molar-refractivity contribution >= 4 is 40.8 Å². The molecule has 0 radical (unpaired) electrons. The number of amides is 3. The van der Waals surface area contributed by atoms with Gasteiger partial charge in [-0.05, 0) is 73.6 Å². The van der Waals surface area contributed by atoms with Gasteiger partial charge in [0.25, 0.3) is 5.91 Å². The molecule has 0 bridgehead atoms. The van der Waals surface area contributed by atoms with Crippen LogP contribution in [0, 0.1) is 0 Å². The molecule has 1 saturated heterocycles. The van der Waals surface area contributed by atoms with Crippen LogP contribution in [0.25, 0.3) is 0 Å². The van der Waals surface area contributed by atoms with Crippen molar-refractivity contribution in [2.75, 3.05) is 10.2 Å². The topological polar surface area (TPSA) is 65.5 Å². The molecule has 0 unspecified atom stereocenters. The normalized spacial score (nSPS) is 15.7. The van der Waals surface area contributed by atoms with Crippen LogP contribution in [0.2, 0.25) is 0 Å². The van der Waals surface area contributed by atoms with Crippen LogP contribution in [0.4, 0.5) is 35.0 Å². The van der Waals surface area contributed by atoms with Crippen LogP contribution >= 0.6 is 11.8 Å². The van der Waals surface area contributed by atoms with Crippen molar-refractivity contribution in [1.29, 1.82) is 0 Å². The maximum atomic E-state index is 13.3. The molecule has 1 aromatic heterocycles. The van der Waals surface area contributed by atoms with Crippen molar-refractivity contribution in [2.24, 2.45) is 0 Å². The number of imide groups is 1. The molecule has 2 heterocycles. The summed E-state index contributed by atoms with van der Waals surface area (Å²) in [5, 5.41) is 3.27. The number of nitrogens with one attached hydrogen (secondary N) is 1. The minimum atomic E-state index is -4.42. The van der Waals surface area contributed by atoms with Crippen LogP contribution in [0.1, 0.15) is 19.4 Å². The fraction of sp³-hybridized carbons (Fsp3) is 0.208. The number of thioether (sulfide) groups is 1. The minimum Gasteiger partial charge on any atom is -0.354 e. The van der Waals surface area contributed by atoms with Crippen molar-refractivity contribution in [3.8, 4) is 0 Å². The highest BCUT2D eigenvalue weighted by molar-refractivity contribution is 8.00. The fourth-order valence-electron chi connectivity index (χ4n) is 3.65. The van der Waals surface area contributed by atoms with Gasteiger partial charge in [-0.25, -0.2) is 9.69 Å². The number of hydrogen-bond donors (Lipinski definition) is 1. The minimum absolute atomic E-state index is 0.0279. The second-order valence-corrected chi connectivity index (χ2v) is 9.27. The monoisotopic (exact) mass is 486 g/mol. The van der Waals surface area contributed by atoms with Gasteiger partial charge in [-0.1, -0.05) is 18.2 Å². The number of rotatable bonds is 6. The van der Waals surface area contributed by atoms with Crippen LogP contribution in [0.3, 0.4) is 0 Å². The summed E-state index contributed by atoms with van der Waals surface area (Å²) >= 11 is -0.254. The molecule has 0 saturated carbocycles. The van der Waals surface area contributed by atoms with Gasteiger partial charge in [-0.15, -0.1) is 0 Å². The first-order valence-corrected chi connectivity index (χ1v) is 11.1. The number of benzene rings is 2. The van der Waals surface area contributed by atoms with Crippen LogP contribution in [-0.2, 0) is 11.3 Å². The fourth-order valence-corrected chi connectivity index (χ4v) is 4.19. The van der Waals surface area contributed by atoms with E-state index in [1.165, 1.54) is 29.2 Å². The molecule has 1 aliphatic heterocycles. The Hall–Kier alpha value is -3.53. The zero-order valence-electron chi connectivity index (χ0n) is 18.3. The van der Waals surface area contributed by atoms with E-state index in [1.54, 1.807) is 32.3 Å². The molecule has 3 amide bonds. The number of carbonyl (C=O) groups is 2. The second-order valence-electron chi connectivity index (χ2n) is 8.13. The number of alkyl halides is 3. The number of urea groups is 1. The number of carbonyl (C=O) groups excluding carboxylic acids is 2. The zero-order valence-corrected chi connectivity index (χ0v) is 19.2. The standard InChI is InChI=1S/C24H21F3N4O2S/c1-23(2)21(32)31(18-8-10-19(11-9-18)34-24(25,26)27)22(33)30(23)15-16-12-13-28-14-20(16)29-17-6-4-3-5-7-17/h3-14,29H,15H2,1-2H3. The number of nitrogens with zero attached hydrogens (tertiary/aromatic N) is 3. The van der Waals surface area contributed by atoms with E-state index in [4.69, 9.17) is 0 Å². The summed E-state index contributed by atoms with van der Waals surface area (Å²) in [5.41, 5.74) is -3.07. The van der Waals surface area contributed by atoms with E-state index in [2.05, 4.69) is 10.3 Å². The molecule has 4 rings (SSSR count). The number of pyridine rings is 1. The molecule has 0 atom stereocenters. The Balaban J connectivity index is 1.59. The van der Waals surface area contributed by atoms with Gasteiger partial charge >= 0.3 is 11.5 Å². The first kappa shape index (κ1) is 23.6. The molecular formula is C24H21F3N4O2S. The van der Waals surface area contributed by atoms with Gasteiger partial charge < -0.3 is 10.2 Å². The first-order valence-electron chi connectivity index (χ1n) is 10.3. The van der Waals surface area contributed by atoms with Crippen molar-refractivity contribution in [2.45, 2.75) is 36.3 Å². The van der Waals surface area contributed by atoms with Gasteiger partial charge in [0, 0.05) is 16.8 Å². The summed E-state index contributed by atoms with van der Waals surface area (Å²) in [4.78, 5) is 33.1. The Bertz CT molecular complexity index is 1200. The Labute approximate surface area is 198 Å². The molecule has 34 heavy (non-hydrogen) atoms. The molecule has 1 aliphatic rings. The highest BCUT2D eigenvalue weighted by Crippen LogP contribution is 2.39. The SMILES string of the molecule is CC1(C)C(=O)N(c2ccc(SC(F)(F)F)cc2)C(=O)N1Cc1ccncc1Nc1ccccc1. The van der Waals surface area contributed by atoms with Crippen LogP contribution in [-0.4, -0.2) is 32.9 Å². The molecule has 6 nitrogen and oxygen atoms in total. The number of hydrogen-bond acceptors (Lipinski definition) is 5. The third-order valence-electron chi connectivity index (χ3n) is 5.44. The summed E-state index contributed by atoms with van der Waals surface area (Å²) in [7, 11) is 0. The van der Waals surface area contributed by atoms with Crippen molar-refractivity contribution < 1.29 is 22.8 Å². The summed E-state index contributed by atoms with van der Waals surface area (Å²) < 4.78 is 37.9. The maximum absolute atomic E-state index is 13.3. The maximum Gasteiger partial charge on any atom is 0.446 e. The van der Waals surface area contributed by atoms with E-state index in [9.17, 15) is 22.8 Å². The number of para-hydroxylation sites is 1. The van der Waals surface area contributed by atoms with E-state index in [0.717, 1.165) is 16.2 Å². The lowest BCUT2D eigenvalue weighted by atomic mass is 10.0. The lowest BCUT2D eigenvalue weighted by molar-refractivity contribution is -0.123. The third kappa shape index (κ3) is 4.86. The molecule has 1 N–H and O–H groups in total. The number of halogens is 3. The van der Waals surface area contributed by atoms with Crippen LogP contribution in [0.15, 0.2) is 78.0 Å². The van der Waals surface area contributed by atoms with E-state index in [-0.39, 0.29) is 28.9 Å². The van der Waals surface area contributed by atoms with Crippen molar-refractivity contribution in [1.82, 2.24) is 9.88 Å². The molecular weight excluding hydrogens is 465 g/mol. The second kappa shape index (κ2) is 9.02. The summed E-state index contributed by atoms with van der Waals surface area (Å²) in [6.45, 7) is 3.42. The van der Waals surface area contributed by atoms with Crippen molar-refractivity contribution in [3.05, 3.63) is 78.6 Å². The van der Waals surface area contributed by atoms with Gasteiger partial charge in [0.1, 0.15) is 5.54 Å². The van der Waals surface area contributed by atoms with E-state index >= 15 is 0 Å². The van der Waals surface area contributed by atoms with Gasteiger partial charge in [-0.3, -0.25) is 9.78 Å². The molecule has 176 valence electrons. The third-order valence-corrected chi connectivity index (χ3v) is 6.18. The lowest BCUT2D eigenvalue weighted by Crippen LogP contribution is -2.43. The predicted molar refractivity (Wildman–Crippen MR) is 125 cm³/mol. The Morgan fingerprint density at radius 1 is 1.00 bits per heavy atom. The Morgan fingerprint density at radius 3 is 2.32 bits per heavy atom. The van der Waals surface area contributed by atoms with Crippen molar-refractivity contribution in [3.63, 3.8) is 0 Å². The summed E-state index contributed by atoms with van der Waals surface area (Å²) in [5.74, 6) is -0.458. The quantitative estimate of drug-likeness (QED) is 0.333.